The number of piperazine rings is 1. The third-order valence-corrected chi connectivity index (χ3v) is 4.25. The molecule has 19 heavy (non-hydrogen) atoms. The van der Waals surface area contributed by atoms with Gasteiger partial charge in [0.05, 0.1) is 0 Å². The van der Waals surface area contributed by atoms with Crippen molar-refractivity contribution in [3.05, 3.63) is 28.2 Å². The van der Waals surface area contributed by atoms with E-state index in [1.54, 1.807) is 6.92 Å². The highest BCUT2D eigenvalue weighted by Gasteiger charge is 2.19. The highest BCUT2D eigenvalue weighted by atomic mass is 79.9. The summed E-state index contributed by atoms with van der Waals surface area (Å²) in [5.41, 5.74) is 8.20. The van der Waals surface area contributed by atoms with Crippen LogP contribution in [0.1, 0.15) is 25.5 Å². The molecule has 1 aliphatic heterocycles. The van der Waals surface area contributed by atoms with Crippen LogP contribution in [0.3, 0.4) is 0 Å². The largest absolute Gasteiger partial charge is 0.368 e. The van der Waals surface area contributed by atoms with Crippen LogP contribution in [0.2, 0.25) is 0 Å². The Morgan fingerprint density at radius 2 is 1.95 bits per heavy atom. The number of hydrogen-bond acceptors (Lipinski definition) is 3. The third kappa shape index (κ3) is 3.28. The number of benzene rings is 1. The van der Waals surface area contributed by atoms with Gasteiger partial charge in [-0.1, -0.05) is 22.0 Å². The summed E-state index contributed by atoms with van der Waals surface area (Å²) in [5, 5.41) is 0. The molecule has 1 aromatic carbocycles. The van der Waals surface area contributed by atoms with E-state index in [0.717, 1.165) is 36.2 Å². The Hall–Kier alpha value is -1.07. The van der Waals surface area contributed by atoms with Crippen molar-refractivity contribution in [3.63, 3.8) is 0 Å². The molecule has 0 bridgehead atoms. The Bertz CT molecular complexity index is 468. The Labute approximate surface area is 122 Å². The summed E-state index contributed by atoms with van der Waals surface area (Å²) in [7, 11) is 0. The fourth-order valence-corrected chi connectivity index (χ4v) is 3.09. The fourth-order valence-electron chi connectivity index (χ4n) is 2.36. The minimum Gasteiger partial charge on any atom is -0.368 e. The number of carbonyl (C=O) groups excluding carboxylic acids is 1. The van der Waals surface area contributed by atoms with Gasteiger partial charge in [0, 0.05) is 49.3 Å². The van der Waals surface area contributed by atoms with E-state index < -0.39 is 0 Å². The summed E-state index contributed by atoms with van der Waals surface area (Å²) >= 11 is 3.58. The van der Waals surface area contributed by atoms with Gasteiger partial charge in [0.15, 0.2) is 0 Å². The maximum absolute atomic E-state index is 11.3. The van der Waals surface area contributed by atoms with Crippen molar-refractivity contribution < 1.29 is 4.79 Å². The maximum atomic E-state index is 11.3. The van der Waals surface area contributed by atoms with E-state index in [0.29, 0.717) is 0 Å². The second-order valence-corrected chi connectivity index (χ2v) is 5.84. The zero-order chi connectivity index (χ0) is 14.0. The molecule has 1 amide bonds. The molecule has 1 unspecified atom stereocenters. The molecule has 5 heteroatoms. The van der Waals surface area contributed by atoms with Gasteiger partial charge in [-0.3, -0.25) is 4.79 Å². The predicted molar refractivity (Wildman–Crippen MR) is 81.2 cm³/mol. The zero-order valence-corrected chi connectivity index (χ0v) is 13.0. The number of rotatable bonds is 2. The van der Waals surface area contributed by atoms with Crippen molar-refractivity contribution >= 4 is 27.5 Å². The van der Waals surface area contributed by atoms with Gasteiger partial charge < -0.3 is 15.5 Å². The van der Waals surface area contributed by atoms with E-state index in [-0.39, 0.29) is 11.9 Å². The Morgan fingerprint density at radius 1 is 1.32 bits per heavy atom. The van der Waals surface area contributed by atoms with Gasteiger partial charge >= 0.3 is 0 Å². The van der Waals surface area contributed by atoms with Crippen LogP contribution in [0.15, 0.2) is 22.7 Å². The van der Waals surface area contributed by atoms with Gasteiger partial charge in [-0.2, -0.15) is 0 Å². The van der Waals surface area contributed by atoms with Gasteiger partial charge in [0.2, 0.25) is 5.91 Å². The predicted octanol–water partition coefficient (Wildman–Crippen LogP) is 2.14. The minimum absolute atomic E-state index is 0.0259. The summed E-state index contributed by atoms with van der Waals surface area (Å²) in [6.45, 7) is 6.95. The molecule has 1 fully saturated rings. The molecule has 1 heterocycles. The number of anilines is 1. The maximum Gasteiger partial charge on any atom is 0.219 e. The average molecular weight is 326 g/mol. The first-order chi connectivity index (χ1) is 8.99. The molecule has 1 aromatic rings. The standard InChI is InChI=1S/C14H20BrN3O/c1-10(16)13-4-3-12(9-14(13)15)18-7-5-17(6-8-18)11(2)19/h3-4,9-10H,5-8,16H2,1-2H3. The van der Waals surface area contributed by atoms with Crippen LogP contribution in [-0.4, -0.2) is 37.0 Å². The summed E-state index contributed by atoms with van der Waals surface area (Å²) in [5.74, 6) is 0.160. The second kappa shape index (κ2) is 5.92. The Morgan fingerprint density at radius 3 is 2.42 bits per heavy atom. The summed E-state index contributed by atoms with van der Waals surface area (Å²) in [6.07, 6.45) is 0. The van der Waals surface area contributed by atoms with Crippen LogP contribution < -0.4 is 10.6 Å². The molecule has 0 spiro atoms. The molecule has 0 radical (unpaired) electrons. The van der Waals surface area contributed by atoms with Gasteiger partial charge in [-0.25, -0.2) is 0 Å². The molecule has 4 nitrogen and oxygen atoms in total. The smallest absolute Gasteiger partial charge is 0.219 e. The highest BCUT2D eigenvalue weighted by molar-refractivity contribution is 9.10. The number of nitrogens with zero attached hydrogens (tertiary/aromatic N) is 2. The van der Waals surface area contributed by atoms with Crippen molar-refractivity contribution in [1.82, 2.24) is 4.90 Å². The monoisotopic (exact) mass is 325 g/mol. The van der Waals surface area contributed by atoms with E-state index >= 15 is 0 Å². The third-order valence-electron chi connectivity index (χ3n) is 3.56. The van der Waals surface area contributed by atoms with E-state index in [2.05, 4.69) is 39.0 Å². The molecule has 0 saturated carbocycles. The number of hydrogen-bond donors (Lipinski definition) is 1. The SMILES string of the molecule is CC(=O)N1CCN(c2ccc(C(C)N)c(Br)c2)CC1. The van der Waals surface area contributed by atoms with Crippen molar-refractivity contribution in [2.24, 2.45) is 5.73 Å². The summed E-state index contributed by atoms with van der Waals surface area (Å²) in [6, 6.07) is 6.31. The quantitative estimate of drug-likeness (QED) is 0.906. The number of carbonyl (C=O) groups is 1. The van der Waals surface area contributed by atoms with Crippen LogP contribution in [0, 0.1) is 0 Å². The molecule has 104 valence electrons. The Balaban J connectivity index is 2.08. The molecule has 0 aliphatic carbocycles. The summed E-state index contributed by atoms with van der Waals surface area (Å²) < 4.78 is 1.05. The molecule has 1 saturated heterocycles. The van der Waals surface area contributed by atoms with Crippen molar-refractivity contribution in [2.45, 2.75) is 19.9 Å². The van der Waals surface area contributed by atoms with E-state index in [9.17, 15) is 4.79 Å². The van der Waals surface area contributed by atoms with Crippen molar-refractivity contribution in [1.29, 1.82) is 0 Å². The lowest BCUT2D eigenvalue weighted by Crippen LogP contribution is -2.48. The van der Waals surface area contributed by atoms with E-state index in [4.69, 9.17) is 5.73 Å². The minimum atomic E-state index is 0.0259. The lowest BCUT2D eigenvalue weighted by Gasteiger charge is -2.35. The number of amides is 1. The lowest BCUT2D eigenvalue weighted by atomic mass is 10.1. The molecule has 2 rings (SSSR count). The van der Waals surface area contributed by atoms with Crippen LogP contribution in [-0.2, 0) is 4.79 Å². The molecule has 1 aliphatic rings. The van der Waals surface area contributed by atoms with Crippen LogP contribution in [0.4, 0.5) is 5.69 Å². The Kier molecular flexibility index (Phi) is 4.47. The molecular weight excluding hydrogens is 306 g/mol. The lowest BCUT2D eigenvalue weighted by molar-refractivity contribution is -0.129. The first kappa shape index (κ1) is 14.3. The van der Waals surface area contributed by atoms with Gasteiger partial charge in [-0.15, -0.1) is 0 Å². The van der Waals surface area contributed by atoms with Crippen LogP contribution >= 0.6 is 15.9 Å². The van der Waals surface area contributed by atoms with Crippen molar-refractivity contribution in [3.8, 4) is 0 Å². The molecule has 1 atom stereocenters. The van der Waals surface area contributed by atoms with E-state index in [1.807, 2.05) is 11.8 Å². The topological polar surface area (TPSA) is 49.6 Å². The average Bonchev–Trinajstić information content (AvgIpc) is 2.38. The van der Waals surface area contributed by atoms with Crippen LogP contribution in [0.25, 0.3) is 0 Å². The zero-order valence-electron chi connectivity index (χ0n) is 11.4. The highest BCUT2D eigenvalue weighted by Crippen LogP contribution is 2.28. The number of nitrogens with two attached hydrogens (primary N) is 1. The second-order valence-electron chi connectivity index (χ2n) is 4.99. The molecule has 2 N–H and O–H groups in total. The normalized spacial score (nSPS) is 17.5. The van der Waals surface area contributed by atoms with Crippen molar-refractivity contribution in [2.75, 3.05) is 31.1 Å². The van der Waals surface area contributed by atoms with Gasteiger partial charge in [-0.05, 0) is 24.6 Å². The van der Waals surface area contributed by atoms with E-state index in [1.165, 1.54) is 5.69 Å². The first-order valence-electron chi connectivity index (χ1n) is 6.54. The molecular formula is C14H20BrN3O. The molecule has 0 aromatic heterocycles. The number of halogens is 1. The summed E-state index contributed by atoms with van der Waals surface area (Å²) in [4.78, 5) is 15.5. The van der Waals surface area contributed by atoms with Gasteiger partial charge in [0.1, 0.15) is 0 Å². The first-order valence-corrected chi connectivity index (χ1v) is 7.34. The van der Waals surface area contributed by atoms with Gasteiger partial charge in [0.25, 0.3) is 0 Å². The van der Waals surface area contributed by atoms with Crippen LogP contribution in [0.5, 0.6) is 0 Å². The fraction of sp³-hybridized carbons (Fsp3) is 0.500.